The molecular weight excluding hydrogens is 773 g/mol. The first-order valence-electron chi connectivity index (χ1n) is 21.7. The molecule has 3 aliphatic rings. The van der Waals surface area contributed by atoms with Gasteiger partial charge in [0.2, 0.25) is 5.95 Å². The number of hydrogen-bond donors (Lipinski definition) is 2. The minimum absolute atomic E-state index is 0.0813. The number of fused-ring (bicyclic) bond motifs is 2. The lowest BCUT2D eigenvalue weighted by atomic mass is 9.85. The molecule has 8 rings (SSSR count). The second-order valence-electron chi connectivity index (χ2n) is 17.9. The fraction of sp³-hybridized carbons (Fsp3) is 0.500. The van der Waals surface area contributed by atoms with Crippen molar-refractivity contribution < 1.29 is 23.8 Å². The number of piperazine rings is 1. The molecule has 0 saturated carbocycles. The number of piperidine rings is 1. The summed E-state index contributed by atoms with van der Waals surface area (Å²) in [6, 6.07) is 19.9. The van der Waals surface area contributed by atoms with E-state index < -0.39 is 0 Å². The second-order valence-corrected chi connectivity index (χ2v) is 17.9. The van der Waals surface area contributed by atoms with Gasteiger partial charge >= 0.3 is 6.03 Å². The Bertz CT molecular complexity index is 2300. The van der Waals surface area contributed by atoms with Crippen molar-refractivity contribution >= 4 is 29.9 Å². The number of urea groups is 1. The van der Waals surface area contributed by atoms with Crippen LogP contribution in [0.1, 0.15) is 101 Å². The van der Waals surface area contributed by atoms with E-state index in [1.807, 2.05) is 59.1 Å². The van der Waals surface area contributed by atoms with Gasteiger partial charge < -0.3 is 29.3 Å². The zero-order valence-corrected chi connectivity index (χ0v) is 36.3. The number of rotatable bonds is 13. The molecule has 61 heavy (non-hydrogen) atoms. The Morgan fingerprint density at radius 2 is 1.69 bits per heavy atom. The molecule has 2 amide bonds. The summed E-state index contributed by atoms with van der Waals surface area (Å²) in [6.07, 6.45) is 6.68. The zero-order valence-electron chi connectivity index (χ0n) is 36.3. The van der Waals surface area contributed by atoms with E-state index in [1.54, 1.807) is 4.68 Å². The van der Waals surface area contributed by atoms with Crippen molar-refractivity contribution in [2.75, 3.05) is 56.6 Å². The lowest BCUT2D eigenvalue weighted by Gasteiger charge is -2.39. The van der Waals surface area contributed by atoms with Crippen LogP contribution in [0.25, 0.3) is 11.3 Å². The lowest BCUT2D eigenvalue weighted by molar-refractivity contribution is -0.129. The molecule has 0 bridgehead atoms. The number of nitrogens with one attached hydrogen (secondary N) is 2. The average molecular weight is 833 g/mol. The van der Waals surface area contributed by atoms with Gasteiger partial charge in [-0.2, -0.15) is 5.10 Å². The molecule has 2 fully saturated rings. The Morgan fingerprint density at radius 3 is 2.44 bits per heavy atom. The molecule has 0 spiro atoms. The van der Waals surface area contributed by atoms with Crippen LogP contribution in [0.4, 0.5) is 16.6 Å². The molecule has 3 aromatic heterocycles. The first-order valence-corrected chi connectivity index (χ1v) is 21.7. The Balaban J connectivity index is 0.984. The van der Waals surface area contributed by atoms with E-state index in [4.69, 9.17) is 19.3 Å². The Morgan fingerprint density at radius 1 is 0.918 bits per heavy atom. The quantitative estimate of drug-likeness (QED) is 0.118. The van der Waals surface area contributed by atoms with Crippen molar-refractivity contribution in [2.45, 2.75) is 103 Å². The molecular formula is C46H60N10O5. The molecule has 15 nitrogen and oxygen atoms in total. The molecule has 15 heteroatoms. The predicted octanol–water partition coefficient (Wildman–Crippen LogP) is 7.06. The molecule has 2 aliphatic heterocycles. The normalized spacial score (nSPS) is 21.2. The van der Waals surface area contributed by atoms with Crippen molar-refractivity contribution in [1.29, 1.82) is 0 Å². The predicted molar refractivity (Wildman–Crippen MR) is 235 cm³/mol. The maximum Gasteiger partial charge on any atom is 0.320 e. The standard InChI is InChI=1S/C46H60N10O5/c1-31-10-9-11-32(2)55(31)45-50-49-42-19-16-35(28-54(42)45)61-39-18-17-38(36-12-7-8-13-37(36)39)47-44(58)48-43-27-41(46(3,4)5)51-56(43)34-15-14-33(29-59-30-57)40(26-34)60-25-24-53-22-20-52(6)21-23-53/h7-8,12-16,19,26-28,30-32,38-39H,9-11,17-18,20-25,29H2,1-6H3,(H2,47,48,58)/t31-,32+,38-,39+/m0/s1. The van der Waals surface area contributed by atoms with Crippen molar-refractivity contribution in [2.24, 2.45) is 0 Å². The van der Waals surface area contributed by atoms with Crippen LogP contribution in [0.2, 0.25) is 0 Å². The average Bonchev–Trinajstić information content (AvgIpc) is 3.86. The number of benzene rings is 2. The highest BCUT2D eigenvalue weighted by atomic mass is 16.5. The number of carbonyl (C=O) groups is 2. The summed E-state index contributed by atoms with van der Waals surface area (Å²) in [7, 11) is 2.14. The van der Waals surface area contributed by atoms with Gasteiger partial charge in [-0.25, -0.2) is 9.48 Å². The van der Waals surface area contributed by atoms with Crippen LogP contribution in [0.3, 0.4) is 0 Å². The highest BCUT2D eigenvalue weighted by Crippen LogP contribution is 2.39. The molecule has 324 valence electrons. The van der Waals surface area contributed by atoms with Crippen LogP contribution in [0.15, 0.2) is 66.9 Å². The molecule has 0 unspecified atom stereocenters. The second kappa shape index (κ2) is 18.1. The van der Waals surface area contributed by atoms with E-state index in [9.17, 15) is 9.59 Å². The summed E-state index contributed by atoms with van der Waals surface area (Å²) < 4.78 is 22.0. The number of anilines is 2. The van der Waals surface area contributed by atoms with Crippen LogP contribution in [0, 0.1) is 0 Å². The topological polar surface area (TPSA) is 144 Å². The van der Waals surface area contributed by atoms with Crippen molar-refractivity contribution in [3.63, 3.8) is 0 Å². The van der Waals surface area contributed by atoms with Crippen LogP contribution in [-0.4, -0.2) is 105 Å². The van der Waals surface area contributed by atoms with E-state index in [-0.39, 0.29) is 30.2 Å². The third kappa shape index (κ3) is 9.47. The van der Waals surface area contributed by atoms with Gasteiger partial charge in [-0.15, -0.1) is 10.2 Å². The molecule has 2 saturated heterocycles. The summed E-state index contributed by atoms with van der Waals surface area (Å²) in [5.41, 5.74) is 4.82. The highest BCUT2D eigenvalue weighted by Gasteiger charge is 2.32. The van der Waals surface area contributed by atoms with Gasteiger partial charge in [-0.3, -0.25) is 19.4 Å². The Kier molecular flexibility index (Phi) is 12.5. The molecule has 5 heterocycles. The first-order chi connectivity index (χ1) is 29.4. The number of likely N-dealkylation sites (N-methyl/N-ethyl adjacent to an activating group) is 1. The number of amides is 2. The summed E-state index contributed by atoms with van der Waals surface area (Å²) in [5.74, 6) is 2.71. The molecule has 2 aromatic carbocycles. The minimum Gasteiger partial charge on any atom is -0.492 e. The van der Waals surface area contributed by atoms with Crippen molar-refractivity contribution in [1.82, 2.24) is 39.5 Å². The van der Waals surface area contributed by atoms with Crippen LogP contribution < -0.4 is 25.0 Å². The van der Waals surface area contributed by atoms with E-state index >= 15 is 0 Å². The molecule has 5 aromatic rings. The number of nitrogens with zero attached hydrogens (tertiary/aromatic N) is 8. The van der Waals surface area contributed by atoms with Gasteiger partial charge in [0.05, 0.1) is 23.6 Å². The smallest absolute Gasteiger partial charge is 0.320 e. The van der Waals surface area contributed by atoms with E-state index in [1.165, 1.54) is 6.42 Å². The number of aromatic nitrogens is 5. The van der Waals surface area contributed by atoms with E-state index in [0.717, 1.165) is 85.3 Å². The minimum atomic E-state index is -0.341. The van der Waals surface area contributed by atoms with Gasteiger partial charge in [-0.1, -0.05) is 45.0 Å². The fourth-order valence-corrected chi connectivity index (χ4v) is 8.86. The number of pyridine rings is 1. The molecule has 0 radical (unpaired) electrons. The molecule has 4 atom stereocenters. The van der Waals surface area contributed by atoms with Crippen LogP contribution in [-0.2, 0) is 21.6 Å². The van der Waals surface area contributed by atoms with Gasteiger partial charge in [0.15, 0.2) is 5.65 Å². The van der Waals surface area contributed by atoms with Gasteiger partial charge in [0, 0.05) is 67.9 Å². The summed E-state index contributed by atoms with van der Waals surface area (Å²) in [4.78, 5) is 32.2. The van der Waals surface area contributed by atoms with Gasteiger partial charge in [0.25, 0.3) is 6.47 Å². The monoisotopic (exact) mass is 832 g/mol. The van der Waals surface area contributed by atoms with Crippen LogP contribution >= 0.6 is 0 Å². The Labute approximate surface area is 358 Å². The maximum atomic E-state index is 14.0. The molecule has 1 aliphatic carbocycles. The Hall–Kier alpha value is -5.67. The number of carbonyl (C=O) groups excluding carboxylic acids is 2. The van der Waals surface area contributed by atoms with Gasteiger partial charge in [0.1, 0.15) is 36.6 Å². The zero-order chi connectivity index (χ0) is 42.7. The summed E-state index contributed by atoms with van der Waals surface area (Å²) >= 11 is 0. The number of hydrogen-bond acceptors (Lipinski definition) is 11. The van der Waals surface area contributed by atoms with Crippen LogP contribution in [0.5, 0.6) is 11.5 Å². The third-order valence-corrected chi connectivity index (χ3v) is 12.4. The lowest BCUT2D eigenvalue weighted by Crippen LogP contribution is -2.45. The number of ether oxygens (including phenoxy) is 3. The maximum absolute atomic E-state index is 14.0. The van der Waals surface area contributed by atoms with E-state index in [2.05, 4.69) is 89.3 Å². The third-order valence-electron chi connectivity index (χ3n) is 12.4. The molecule has 2 N–H and O–H groups in total. The summed E-state index contributed by atoms with van der Waals surface area (Å²) in [5, 5.41) is 20.4. The fourth-order valence-electron chi connectivity index (χ4n) is 8.86. The first kappa shape index (κ1) is 42.0. The van der Waals surface area contributed by atoms with Crippen molar-refractivity contribution in [3.8, 4) is 17.2 Å². The van der Waals surface area contributed by atoms with Crippen molar-refractivity contribution in [3.05, 3.63) is 89.2 Å². The SMILES string of the molecule is C[C@@H]1CCC[C@H](C)N1c1nnc2ccc(O[C@@H]3CC[C@H](NC(=O)Nc4cc(C(C)(C)C)nn4-c4ccc(COC=O)c(OCCN5CCN(C)CC5)c4)c4ccccc43)cn12. The summed E-state index contributed by atoms with van der Waals surface area (Å²) in [6.45, 7) is 16.6. The highest BCUT2D eigenvalue weighted by molar-refractivity contribution is 5.89. The largest absolute Gasteiger partial charge is 0.492 e. The van der Waals surface area contributed by atoms with Gasteiger partial charge in [-0.05, 0) is 88.4 Å². The van der Waals surface area contributed by atoms with E-state index in [0.29, 0.717) is 55.3 Å².